The minimum Gasteiger partial charge on any atom is -0.478 e. The Morgan fingerprint density at radius 1 is 1.10 bits per heavy atom. The summed E-state index contributed by atoms with van der Waals surface area (Å²) in [6.07, 6.45) is 0. The van der Waals surface area contributed by atoms with E-state index in [-0.39, 0.29) is 17.7 Å². The highest BCUT2D eigenvalue weighted by molar-refractivity contribution is 6.06. The van der Waals surface area contributed by atoms with Crippen molar-refractivity contribution in [3.8, 4) is 0 Å². The number of anilines is 2. The van der Waals surface area contributed by atoms with Crippen LogP contribution in [0, 0.1) is 0 Å². The number of para-hydroxylation sites is 1. The first-order chi connectivity index (χ1) is 10.1. The van der Waals surface area contributed by atoms with Crippen LogP contribution in [0.5, 0.6) is 0 Å². The van der Waals surface area contributed by atoms with Gasteiger partial charge in [0.1, 0.15) is 0 Å². The van der Waals surface area contributed by atoms with E-state index in [0.29, 0.717) is 5.69 Å². The van der Waals surface area contributed by atoms with Crippen molar-refractivity contribution in [2.24, 2.45) is 0 Å². The van der Waals surface area contributed by atoms with Gasteiger partial charge in [-0.1, -0.05) is 24.3 Å². The van der Waals surface area contributed by atoms with Gasteiger partial charge in [-0.05, 0) is 31.2 Å². The number of hydrogen-bond donors (Lipinski definition) is 2. The third-order valence-corrected chi connectivity index (χ3v) is 2.83. The van der Waals surface area contributed by atoms with Gasteiger partial charge in [0, 0.05) is 5.69 Å². The van der Waals surface area contributed by atoms with Crippen LogP contribution in [0.25, 0.3) is 0 Å². The van der Waals surface area contributed by atoms with Gasteiger partial charge in [-0.25, -0.2) is 9.59 Å². The van der Waals surface area contributed by atoms with Crippen molar-refractivity contribution in [2.75, 3.05) is 11.9 Å². The van der Waals surface area contributed by atoms with Crippen LogP contribution in [-0.4, -0.2) is 23.7 Å². The smallest absolute Gasteiger partial charge is 0.339 e. The molecule has 0 unspecified atom stereocenters. The van der Waals surface area contributed by atoms with Gasteiger partial charge >= 0.3 is 11.9 Å². The van der Waals surface area contributed by atoms with Gasteiger partial charge in [-0.15, -0.1) is 0 Å². The number of hydrogen-bond acceptors (Lipinski definition) is 4. The summed E-state index contributed by atoms with van der Waals surface area (Å²) in [6, 6.07) is 13.8. The lowest BCUT2D eigenvalue weighted by Crippen LogP contribution is -2.13. The van der Waals surface area contributed by atoms with Crippen LogP contribution >= 0.6 is 0 Å². The summed E-state index contributed by atoms with van der Waals surface area (Å²) in [7, 11) is 0. The van der Waals surface area contributed by atoms with Gasteiger partial charge in [0.2, 0.25) is 0 Å². The molecule has 0 spiro atoms. The molecule has 0 saturated carbocycles. The number of esters is 1. The monoisotopic (exact) mass is 285 g/mol. The summed E-state index contributed by atoms with van der Waals surface area (Å²) in [4.78, 5) is 23.4. The normalized spacial score (nSPS) is 9.95. The van der Waals surface area contributed by atoms with Crippen molar-refractivity contribution >= 4 is 23.3 Å². The summed E-state index contributed by atoms with van der Waals surface area (Å²) >= 11 is 0. The third kappa shape index (κ3) is 3.39. The van der Waals surface area contributed by atoms with E-state index >= 15 is 0 Å². The Morgan fingerprint density at radius 2 is 1.81 bits per heavy atom. The summed E-state index contributed by atoms with van der Waals surface area (Å²) in [5.41, 5.74) is 1.02. The number of ether oxygens (including phenoxy) is 1. The Bertz CT molecular complexity index is 653. The van der Waals surface area contributed by atoms with E-state index in [1.807, 2.05) is 30.3 Å². The van der Waals surface area contributed by atoms with Crippen molar-refractivity contribution in [3.63, 3.8) is 0 Å². The van der Waals surface area contributed by atoms with Crippen LogP contribution in [-0.2, 0) is 4.74 Å². The summed E-state index contributed by atoms with van der Waals surface area (Å²) in [5.74, 6) is -1.83. The first kappa shape index (κ1) is 14.6. The third-order valence-electron chi connectivity index (χ3n) is 2.83. The van der Waals surface area contributed by atoms with E-state index < -0.39 is 11.9 Å². The maximum absolute atomic E-state index is 11.9. The zero-order valence-corrected chi connectivity index (χ0v) is 11.5. The number of carbonyl (C=O) groups excluding carboxylic acids is 1. The van der Waals surface area contributed by atoms with E-state index in [2.05, 4.69) is 5.32 Å². The Hall–Kier alpha value is -2.82. The van der Waals surface area contributed by atoms with Crippen molar-refractivity contribution < 1.29 is 19.4 Å². The molecule has 2 aromatic carbocycles. The molecule has 0 saturated heterocycles. The van der Waals surface area contributed by atoms with E-state index in [4.69, 9.17) is 4.74 Å². The minimum atomic E-state index is -1.18. The highest BCUT2D eigenvalue weighted by atomic mass is 16.5. The molecule has 5 nitrogen and oxygen atoms in total. The standard InChI is InChI=1S/C16H15NO4/c1-2-21-16(20)12-9-6-10-13(14(12)15(18)19)17-11-7-4-3-5-8-11/h3-10,17H,2H2,1H3,(H,18,19). The Balaban J connectivity index is 2.44. The zero-order valence-electron chi connectivity index (χ0n) is 11.5. The molecule has 2 rings (SSSR count). The van der Waals surface area contributed by atoms with E-state index in [0.717, 1.165) is 5.69 Å². The number of rotatable bonds is 5. The molecule has 0 aliphatic rings. The molecule has 2 N–H and O–H groups in total. The quantitative estimate of drug-likeness (QED) is 0.824. The van der Waals surface area contributed by atoms with E-state index in [9.17, 15) is 14.7 Å². The van der Waals surface area contributed by atoms with Crippen LogP contribution in [0.1, 0.15) is 27.6 Å². The van der Waals surface area contributed by atoms with Crippen LogP contribution in [0.2, 0.25) is 0 Å². The predicted molar refractivity (Wildman–Crippen MR) is 79.1 cm³/mol. The van der Waals surface area contributed by atoms with Crippen LogP contribution in [0.4, 0.5) is 11.4 Å². The molecule has 2 aromatic rings. The molecule has 0 atom stereocenters. The second-order valence-corrected chi connectivity index (χ2v) is 4.24. The lowest BCUT2D eigenvalue weighted by atomic mass is 10.0. The lowest BCUT2D eigenvalue weighted by Gasteiger charge is -2.12. The molecule has 0 heterocycles. The second kappa shape index (κ2) is 6.56. The average Bonchev–Trinajstić information content (AvgIpc) is 2.48. The number of aromatic carboxylic acids is 1. The molecule has 0 radical (unpaired) electrons. The fraction of sp³-hybridized carbons (Fsp3) is 0.125. The van der Waals surface area contributed by atoms with Gasteiger partial charge in [-0.3, -0.25) is 0 Å². The van der Waals surface area contributed by atoms with Crippen LogP contribution < -0.4 is 5.32 Å². The number of carboxylic acids is 1. The topological polar surface area (TPSA) is 75.6 Å². The van der Waals surface area contributed by atoms with Crippen molar-refractivity contribution in [3.05, 3.63) is 59.7 Å². The average molecular weight is 285 g/mol. The molecular formula is C16H15NO4. The first-order valence-corrected chi connectivity index (χ1v) is 6.49. The highest BCUT2D eigenvalue weighted by Gasteiger charge is 2.21. The van der Waals surface area contributed by atoms with Gasteiger partial charge < -0.3 is 15.2 Å². The summed E-state index contributed by atoms with van der Waals surface area (Å²) in [5, 5.41) is 12.4. The molecule has 0 aliphatic heterocycles. The number of carboxylic acid groups (broad SMARTS) is 1. The van der Waals surface area contributed by atoms with Crippen molar-refractivity contribution in [1.29, 1.82) is 0 Å². The SMILES string of the molecule is CCOC(=O)c1cccc(Nc2ccccc2)c1C(=O)O. The molecule has 21 heavy (non-hydrogen) atoms. The van der Waals surface area contributed by atoms with Crippen LogP contribution in [0.15, 0.2) is 48.5 Å². The predicted octanol–water partition coefficient (Wildman–Crippen LogP) is 3.31. The fourth-order valence-electron chi connectivity index (χ4n) is 1.94. The lowest BCUT2D eigenvalue weighted by molar-refractivity contribution is 0.0515. The maximum atomic E-state index is 11.9. The number of benzene rings is 2. The van der Waals surface area contributed by atoms with Gasteiger partial charge in [0.25, 0.3) is 0 Å². The van der Waals surface area contributed by atoms with Gasteiger partial charge in [0.15, 0.2) is 0 Å². The zero-order chi connectivity index (χ0) is 15.2. The maximum Gasteiger partial charge on any atom is 0.339 e. The Labute approximate surface area is 122 Å². The molecule has 5 heteroatoms. The molecule has 0 aromatic heterocycles. The van der Waals surface area contributed by atoms with E-state index in [1.165, 1.54) is 6.07 Å². The van der Waals surface area contributed by atoms with E-state index in [1.54, 1.807) is 19.1 Å². The molecule has 0 aliphatic carbocycles. The van der Waals surface area contributed by atoms with Crippen molar-refractivity contribution in [1.82, 2.24) is 0 Å². The van der Waals surface area contributed by atoms with Gasteiger partial charge in [0.05, 0.1) is 23.4 Å². The minimum absolute atomic E-state index is 0.0327. The van der Waals surface area contributed by atoms with Crippen molar-refractivity contribution in [2.45, 2.75) is 6.92 Å². The first-order valence-electron chi connectivity index (χ1n) is 6.49. The Morgan fingerprint density at radius 3 is 2.43 bits per heavy atom. The molecular weight excluding hydrogens is 270 g/mol. The van der Waals surface area contributed by atoms with Crippen LogP contribution in [0.3, 0.4) is 0 Å². The molecule has 0 fully saturated rings. The molecule has 108 valence electrons. The highest BCUT2D eigenvalue weighted by Crippen LogP contribution is 2.24. The summed E-state index contributed by atoms with van der Waals surface area (Å²) < 4.78 is 4.89. The largest absolute Gasteiger partial charge is 0.478 e. The molecule has 0 bridgehead atoms. The van der Waals surface area contributed by atoms with Gasteiger partial charge in [-0.2, -0.15) is 0 Å². The fourth-order valence-corrected chi connectivity index (χ4v) is 1.94. The summed E-state index contributed by atoms with van der Waals surface area (Å²) in [6.45, 7) is 1.86. The number of nitrogens with one attached hydrogen (secondary N) is 1. The second-order valence-electron chi connectivity index (χ2n) is 4.24. The Kier molecular flexibility index (Phi) is 4.56. The molecule has 0 amide bonds. The number of carbonyl (C=O) groups is 2.